The molecule has 1 aromatic carbocycles. The van der Waals surface area contributed by atoms with Crippen molar-refractivity contribution in [3.05, 3.63) is 64.2 Å². The zero-order valence-corrected chi connectivity index (χ0v) is 36.8. The van der Waals surface area contributed by atoms with Gasteiger partial charge in [0.25, 0.3) is 11.6 Å². The molecule has 1 aromatic rings. The quantitative estimate of drug-likeness (QED) is 0.0199. The molecule has 0 spiro atoms. The van der Waals surface area contributed by atoms with Gasteiger partial charge in [-0.25, -0.2) is 0 Å². The highest BCUT2D eigenvalue weighted by Gasteiger charge is 2.44. The monoisotopic (exact) mass is 916 g/mol. The first-order valence-corrected chi connectivity index (χ1v) is 22.0. The van der Waals surface area contributed by atoms with E-state index in [9.17, 15) is 81.0 Å². The fraction of sp³-hybridized carbons (Fsp3) is 0.727. The van der Waals surface area contributed by atoms with Crippen LogP contribution in [0.25, 0.3) is 0 Å². The largest absolute Gasteiger partial charge is 0.393 e. The molecular formula is C44H72N2O18. The van der Waals surface area contributed by atoms with Crippen LogP contribution in [0.3, 0.4) is 0 Å². The first kappa shape index (κ1) is 56.8. The van der Waals surface area contributed by atoms with Crippen LogP contribution in [0, 0.1) is 16.0 Å². The van der Waals surface area contributed by atoms with E-state index in [2.05, 4.69) is 5.32 Å². The van der Waals surface area contributed by atoms with Crippen molar-refractivity contribution in [1.29, 1.82) is 0 Å². The van der Waals surface area contributed by atoms with Gasteiger partial charge in [0.2, 0.25) is 0 Å². The second kappa shape index (κ2) is 29.3. The van der Waals surface area contributed by atoms with Gasteiger partial charge in [-0.2, -0.15) is 0 Å². The van der Waals surface area contributed by atoms with Crippen LogP contribution in [0.15, 0.2) is 48.6 Å². The van der Waals surface area contributed by atoms with Gasteiger partial charge in [-0.1, -0.05) is 38.2 Å². The van der Waals surface area contributed by atoms with Crippen molar-refractivity contribution in [2.45, 2.75) is 190 Å². The Balaban J connectivity index is 1.61. The number of benzene rings is 1. The third kappa shape index (κ3) is 21.3. The first-order valence-electron chi connectivity index (χ1n) is 22.0. The van der Waals surface area contributed by atoms with E-state index in [0.717, 1.165) is 0 Å². The third-order valence-corrected chi connectivity index (χ3v) is 11.1. The van der Waals surface area contributed by atoms with Crippen molar-refractivity contribution >= 4 is 17.4 Å². The standard InChI is InChI=1S/C44H72N2O18/c1-4-39(64-44-42(59)41(58)40(57)26(3)63-44)25(2)38(56)24-37(55)23-36(54)21-32(50)11-6-10-31(49)20-35(53)22-34(52)19-30(48)9-5-8-29(47)18-33(51)12-7-17-45-43(60)27-13-15-28(16-14-27)46(61)62/h5-6,9,11,13-16,25-26,29-37,39-42,44,47-55,57-59H,4,7-8,10,12,17-24H2,1-3H3,(H,45,60). The number of ketones is 1. The Morgan fingerprint density at radius 1 is 0.750 bits per heavy atom. The number of aliphatic hydroxyl groups excluding tert-OH is 12. The lowest BCUT2D eigenvalue weighted by Crippen LogP contribution is -2.58. The summed E-state index contributed by atoms with van der Waals surface area (Å²) in [6.45, 7) is 5.08. The molecule has 13 N–H and O–H groups in total. The van der Waals surface area contributed by atoms with Crippen molar-refractivity contribution in [3.8, 4) is 0 Å². The molecular weight excluding hydrogens is 844 g/mol. The molecule has 1 amide bonds. The molecule has 1 aliphatic heterocycles. The van der Waals surface area contributed by atoms with Gasteiger partial charge in [0, 0.05) is 49.4 Å². The van der Waals surface area contributed by atoms with Crippen LogP contribution < -0.4 is 5.32 Å². The average Bonchev–Trinajstić information content (AvgIpc) is 3.21. The van der Waals surface area contributed by atoms with E-state index in [1.165, 1.54) is 55.5 Å². The summed E-state index contributed by atoms with van der Waals surface area (Å²) >= 11 is 0. The molecule has 0 bridgehead atoms. The van der Waals surface area contributed by atoms with Gasteiger partial charge >= 0.3 is 0 Å². The Labute approximate surface area is 373 Å². The van der Waals surface area contributed by atoms with Crippen molar-refractivity contribution in [2.24, 2.45) is 5.92 Å². The molecule has 1 saturated heterocycles. The second-order valence-electron chi connectivity index (χ2n) is 16.9. The average molecular weight is 917 g/mol. The third-order valence-electron chi connectivity index (χ3n) is 11.1. The number of carbonyl (C=O) groups excluding carboxylic acids is 2. The predicted molar refractivity (Wildman–Crippen MR) is 230 cm³/mol. The van der Waals surface area contributed by atoms with Crippen LogP contribution in [0.2, 0.25) is 0 Å². The Kier molecular flexibility index (Phi) is 26.0. The number of nitro benzene ring substituents is 1. The normalized spacial score (nSPS) is 24.6. The lowest BCUT2D eigenvalue weighted by atomic mass is 9.91. The summed E-state index contributed by atoms with van der Waals surface area (Å²) in [6.07, 6.45) is -11.2. The predicted octanol–water partition coefficient (Wildman–Crippen LogP) is -0.196. The maximum atomic E-state index is 12.9. The first-order chi connectivity index (χ1) is 30.1. The van der Waals surface area contributed by atoms with Crippen LogP contribution in [-0.4, -0.2) is 176 Å². The van der Waals surface area contributed by atoms with Gasteiger partial charge < -0.3 is 76.1 Å². The lowest BCUT2D eigenvalue weighted by Gasteiger charge is -2.40. The van der Waals surface area contributed by atoms with E-state index < -0.39 is 108 Å². The molecule has 64 heavy (non-hydrogen) atoms. The van der Waals surface area contributed by atoms with E-state index in [-0.39, 0.29) is 81.4 Å². The van der Waals surface area contributed by atoms with Crippen molar-refractivity contribution in [1.82, 2.24) is 5.32 Å². The summed E-state index contributed by atoms with van der Waals surface area (Å²) in [5, 5.41) is 137. The zero-order valence-electron chi connectivity index (χ0n) is 36.8. The molecule has 16 atom stereocenters. The Bertz CT molecular complexity index is 1570. The molecule has 1 heterocycles. The summed E-state index contributed by atoms with van der Waals surface area (Å²) in [5.74, 6) is -1.55. The number of hydrogen-bond donors (Lipinski definition) is 13. The Morgan fingerprint density at radius 3 is 1.78 bits per heavy atom. The fourth-order valence-electron chi connectivity index (χ4n) is 7.31. The number of nitrogens with zero attached hydrogens (tertiary/aromatic N) is 1. The van der Waals surface area contributed by atoms with E-state index >= 15 is 0 Å². The van der Waals surface area contributed by atoms with Crippen LogP contribution in [0.4, 0.5) is 5.69 Å². The molecule has 0 saturated carbocycles. The Morgan fingerprint density at radius 2 is 1.25 bits per heavy atom. The number of ether oxygens (including phenoxy) is 2. The summed E-state index contributed by atoms with van der Waals surface area (Å²) in [5.41, 5.74) is 0.128. The minimum absolute atomic E-state index is 0.0284. The topological polar surface area (TPSA) is 351 Å². The van der Waals surface area contributed by atoms with Gasteiger partial charge in [-0.3, -0.25) is 19.7 Å². The highest BCUT2D eigenvalue weighted by molar-refractivity contribution is 5.94. The minimum Gasteiger partial charge on any atom is -0.393 e. The molecule has 1 aliphatic rings. The fourth-order valence-corrected chi connectivity index (χ4v) is 7.31. The van der Waals surface area contributed by atoms with Gasteiger partial charge in [0.1, 0.15) is 24.1 Å². The Hall–Kier alpha value is -3.32. The number of amides is 1. The summed E-state index contributed by atoms with van der Waals surface area (Å²) in [6, 6.07) is 5.15. The summed E-state index contributed by atoms with van der Waals surface area (Å²) in [7, 11) is 0. The van der Waals surface area contributed by atoms with Gasteiger partial charge in [0.15, 0.2) is 6.29 Å². The summed E-state index contributed by atoms with van der Waals surface area (Å²) in [4.78, 5) is 35.3. The molecule has 0 aromatic heterocycles. The number of nitro groups is 1. The molecule has 20 heteroatoms. The highest BCUT2D eigenvalue weighted by Crippen LogP contribution is 2.26. The minimum atomic E-state index is -1.54. The molecule has 366 valence electrons. The molecule has 16 unspecified atom stereocenters. The maximum absolute atomic E-state index is 12.9. The number of Topliss-reactive ketones (excluding diaryl/α,β-unsaturated/α-hetero) is 1. The number of aliphatic hydroxyl groups is 12. The van der Waals surface area contributed by atoms with Crippen LogP contribution in [-0.2, 0) is 14.3 Å². The molecule has 20 nitrogen and oxygen atoms in total. The van der Waals surface area contributed by atoms with Gasteiger partial charge in [-0.05, 0) is 76.8 Å². The van der Waals surface area contributed by atoms with Gasteiger partial charge in [0.05, 0.1) is 72.1 Å². The number of carbonyl (C=O) groups is 2. The number of nitrogens with one attached hydrogen (secondary N) is 1. The van der Waals surface area contributed by atoms with E-state index in [1.54, 1.807) is 13.8 Å². The van der Waals surface area contributed by atoms with Crippen LogP contribution in [0.5, 0.6) is 0 Å². The lowest BCUT2D eigenvalue weighted by molar-refractivity contribution is -0.384. The van der Waals surface area contributed by atoms with E-state index in [0.29, 0.717) is 19.3 Å². The van der Waals surface area contributed by atoms with Gasteiger partial charge in [-0.15, -0.1) is 0 Å². The maximum Gasteiger partial charge on any atom is 0.269 e. The van der Waals surface area contributed by atoms with E-state index in [4.69, 9.17) is 9.47 Å². The van der Waals surface area contributed by atoms with Crippen LogP contribution >= 0.6 is 0 Å². The molecule has 0 aliphatic carbocycles. The second-order valence-corrected chi connectivity index (χ2v) is 16.9. The smallest absolute Gasteiger partial charge is 0.269 e. The molecule has 1 fully saturated rings. The van der Waals surface area contributed by atoms with E-state index in [1.807, 2.05) is 0 Å². The molecule has 0 radical (unpaired) electrons. The number of hydrogen-bond acceptors (Lipinski definition) is 18. The number of rotatable bonds is 31. The van der Waals surface area contributed by atoms with Crippen molar-refractivity contribution in [3.63, 3.8) is 0 Å². The van der Waals surface area contributed by atoms with Crippen molar-refractivity contribution in [2.75, 3.05) is 6.54 Å². The summed E-state index contributed by atoms with van der Waals surface area (Å²) < 4.78 is 11.2. The van der Waals surface area contributed by atoms with Crippen LogP contribution in [0.1, 0.15) is 108 Å². The zero-order chi connectivity index (χ0) is 48.1. The SMILES string of the molecule is CCC(OC1OC(C)C(O)C(O)C1O)C(C)C(=O)CC(O)CC(O)CC(O)C=CCC(O)CC(O)CC(O)CC(O)C=CCC(O)CC(O)CCCNC(=O)c1ccc([N+](=O)[O-])cc1. The van der Waals surface area contributed by atoms with Crippen molar-refractivity contribution < 1.29 is 85.3 Å². The molecule has 2 rings (SSSR count). The highest BCUT2D eigenvalue weighted by atomic mass is 16.7. The number of non-ortho nitro benzene ring substituents is 1.